The number of fused-ring (bicyclic) bond motifs is 2. The van der Waals surface area contributed by atoms with Crippen molar-refractivity contribution in [2.45, 2.75) is 0 Å². The summed E-state index contributed by atoms with van der Waals surface area (Å²) in [7, 11) is 0. The minimum atomic E-state index is 1.12. The van der Waals surface area contributed by atoms with E-state index < -0.39 is 0 Å². The summed E-state index contributed by atoms with van der Waals surface area (Å²) >= 11 is 0. The van der Waals surface area contributed by atoms with E-state index in [-0.39, 0.29) is 0 Å². The summed E-state index contributed by atoms with van der Waals surface area (Å²) in [6, 6.07) is 61.7. The molecule has 0 unspecified atom stereocenters. The first-order valence-corrected chi connectivity index (χ1v) is 15.9. The Hall–Kier alpha value is -6.12. The van der Waals surface area contributed by atoms with Gasteiger partial charge in [-0.25, -0.2) is 0 Å². The van der Waals surface area contributed by atoms with Crippen molar-refractivity contribution in [2.75, 3.05) is 4.90 Å². The third-order valence-electron chi connectivity index (χ3n) is 9.69. The SMILES string of the molecule is c1ccc(N(c2ccc(-c3cccc4ccccc34)cc2)c2ccc(-n3c4cccc5c4c4c6c-5cccc6ccc43)cc2)cc1. The Balaban J connectivity index is 1.09. The molecule has 0 spiro atoms. The Morgan fingerprint density at radius 2 is 0.935 bits per heavy atom. The first kappa shape index (κ1) is 25.2. The average molecular weight is 585 g/mol. The molecule has 0 aliphatic heterocycles. The van der Waals surface area contributed by atoms with Crippen LogP contribution in [0, 0.1) is 0 Å². The first-order chi connectivity index (χ1) is 22.8. The molecule has 2 heteroatoms. The van der Waals surface area contributed by atoms with Gasteiger partial charge in [0.25, 0.3) is 0 Å². The molecular weight excluding hydrogens is 556 g/mol. The van der Waals surface area contributed by atoms with Crippen LogP contribution in [0.4, 0.5) is 17.1 Å². The maximum Gasteiger partial charge on any atom is 0.0547 e. The first-order valence-electron chi connectivity index (χ1n) is 15.9. The number of para-hydroxylation sites is 1. The highest BCUT2D eigenvalue weighted by atomic mass is 15.1. The lowest BCUT2D eigenvalue weighted by Crippen LogP contribution is -2.10. The van der Waals surface area contributed by atoms with Crippen molar-refractivity contribution in [2.24, 2.45) is 0 Å². The molecule has 8 aromatic carbocycles. The molecule has 10 rings (SSSR count). The molecule has 9 aromatic rings. The molecule has 0 N–H and O–H groups in total. The van der Waals surface area contributed by atoms with E-state index in [2.05, 4.69) is 179 Å². The van der Waals surface area contributed by atoms with Crippen LogP contribution in [-0.4, -0.2) is 4.57 Å². The van der Waals surface area contributed by atoms with Gasteiger partial charge in [0.2, 0.25) is 0 Å². The summed E-state index contributed by atoms with van der Waals surface area (Å²) < 4.78 is 2.43. The number of anilines is 3. The molecule has 0 saturated heterocycles. The minimum absolute atomic E-state index is 1.12. The van der Waals surface area contributed by atoms with E-state index in [9.17, 15) is 0 Å². The number of aromatic nitrogens is 1. The highest BCUT2D eigenvalue weighted by molar-refractivity contribution is 6.33. The van der Waals surface area contributed by atoms with E-state index in [1.807, 2.05) is 0 Å². The molecule has 46 heavy (non-hydrogen) atoms. The molecule has 0 amide bonds. The molecule has 1 heterocycles. The van der Waals surface area contributed by atoms with Gasteiger partial charge in [0.15, 0.2) is 0 Å². The number of rotatable bonds is 5. The van der Waals surface area contributed by atoms with Crippen molar-refractivity contribution in [3.05, 3.63) is 170 Å². The second kappa shape index (κ2) is 9.69. The lowest BCUT2D eigenvalue weighted by atomic mass is 9.98. The maximum absolute atomic E-state index is 2.43. The fourth-order valence-electron chi connectivity index (χ4n) is 7.70. The van der Waals surface area contributed by atoms with E-state index >= 15 is 0 Å². The molecule has 1 aliphatic rings. The van der Waals surface area contributed by atoms with Gasteiger partial charge in [0.1, 0.15) is 0 Å². The molecule has 0 fully saturated rings. The largest absolute Gasteiger partial charge is 0.311 e. The molecule has 214 valence electrons. The molecule has 1 aromatic heterocycles. The smallest absolute Gasteiger partial charge is 0.0547 e. The lowest BCUT2D eigenvalue weighted by molar-refractivity contribution is 1.17. The third kappa shape index (κ3) is 3.59. The van der Waals surface area contributed by atoms with Crippen LogP contribution in [0.15, 0.2) is 170 Å². The molecule has 0 radical (unpaired) electrons. The molecule has 0 bridgehead atoms. The Kier molecular flexibility index (Phi) is 5.31. The van der Waals surface area contributed by atoms with Gasteiger partial charge in [-0.05, 0) is 104 Å². The number of benzene rings is 8. The number of nitrogens with zero attached hydrogens (tertiary/aromatic N) is 2. The van der Waals surface area contributed by atoms with Crippen LogP contribution in [-0.2, 0) is 0 Å². The van der Waals surface area contributed by atoms with E-state index in [0.29, 0.717) is 0 Å². The van der Waals surface area contributed by atoms with E-state index in [1.165, 1.54) is 71.3 Å². The van der Waals surface area contributed by atoms with Gasteiger partial charge in [0, 0.05) is 33.5 Å². The van der Waals surface area contributed by atoms with Gasteiger partial charge in [0.05, 0.1) is 11.0 Å². The standard InChI is InChI=1S/C44H28N2/c1-2-12-32(13-3-1)45(33-22-19-30(20-23-33)37-15-6-10-29-9-4-5-14-36(29)37)34-24-26-35(27-25-34)46-40-18-8-17-39-38-16-7-11-31-21-28-41(46)44(42(31)38)43(39)40/h1-28H. The number of hydrogen-bond acceptors (Lipinski definition) is 1. The summed E-state index contributed by atoms with van der Waals surface area (Å²) in [4.78, 5) is 2.34. The highest BCUT2D eigenvalue weighted by Crippen LogP contribution is 2.49. The topological polar surface area (TPSA) is 8.17 Å². The van der Waals surface area contributed by atoms with E-state index in [0.717, 1.165) is 17.1 Å². The lowest BCUT2D eigenvalue weighted by Gasteiger charge is -2.26. The van der Waals surface area contributed by atoms with E-state index in [4.69, 9.17) is 0 Å². The quantitative estimate of drug-likeness (QED) is 0.195. The molecule has 0 atom stereocenters. The average Bonchev–Trinajstić information content (AvgIpc) is 3.65. The van der Waals surface area contributed by atoms with Gasteiger partial charge in [-0.2, -0.15) is 0 Å². The van der Waals surface area contributed by atoms with Crippen LogP contribution in [0.25, 0.3) is 71.3 Å². The van der Waals surface area contributed by atoms with Crippen molar-refractivity contribution in [3.8, 4) is 27.9 Å². The summed E-state index contributed by atoms with van der Waals surface area (Å²) in [6.07, 6.45) is 0. The van der Waals surface area contributed by atoms with Crippen LogP contribution >= 0.6 is 0 Å². The van der Waals surface area contributed by atoms with Crippen molar-refractivity contribution >= 4 is 60.4 Å². The molecule has 0 saturated carbocycles. The third-order valence-corrected chi connectivity index (χ3v) is 9.69. The molecule has 2 nitrogen and oxygen atoms in total. The fraction of sp³-hybridized carbons (Fsp3) is 0. The summed E-state index contributed by atoms with van der Waals surface area (Å²) in [5.74, 6) is 0. The summed E-state index contributed by atoms with van der Waals surface area (Å²) in [6.45, 7) is 0. The Morgan fingerprint density at radius 1 is 0.348 bits per heavy atom. The number of hydrogen-bond donors (Lipinski definition) is 0. The van der Waals surface area contributed by atoms with Crippen molar-refractivity contribution < 1.29 is 0 Å². The minimum Gasteiger partial charge on any atom is -0.311 e. The zero-order valence-electron chi connectivity index (χ0n) is 25.1. The fourth-order valence-corrected chi connectivity index (χ4v) is 7.70. The van der Waals surface area contributed by atoms with Gasteiger partial charge in [-0.1, -0.05) is 109 Å². The Morgan fingerprint density at radius 3 is 1.74 bits per heavy atom. The van der Waals surface area contributed by atoms with E-state index in [1.54, 1.807) is 0 Å². The Labute approximate surface area is 267 Å². The van der Waals surface area contributed by atoms with Gasteiger partial charge in [-0.3, -0.25) is 0 Å². The van der Waals surface area contributed by atoms with Crippen LogP contribution in [0.1, 0.15) is 0 Å². The highest BCUT2D eigenvalue weighted by Gasteiger charge is 2.25. The van der Waals surface area contributed by atoms with Crippen molar-refractivity contribution in [3.63, 3.8) is 0 Å². The normalized spacial score (nSPS) is 11.9. The van der Waals surface area contributed by atoms with Gasteiger partial charge < -0.3 is 9.47 Å². The maximum atomic E-state index is 2.43. The molecular formula is C44H28N2. The monoisotopic (exact) mass is 584 g/mol. The molecule has 1 aliphatic carbocycles. The van der Waals surface area contributed by atoms with Gasteiger partial charge in [-0.15, -0.1) is 0 Å². The van der Waals surface area contributed by atoms with Crippen LogP contribution < -0.4 is 4.90 Å². The summed E-state index contributed by atoms with van der Waals surface area (Å²) in [5, 5.41) is 7.96. The summed E-state index contributed by atoms with van der Waals surface area (Å²) in [5.41, 5.74) is 12.2. The zero-order valence-corrected chi connectivity index (χ0v) is 25.1. The van der Waals surface area contributed by atoms with Crippen LogP contribution in [0.5, 0.6) is 0 Å². The van der Waals surface area contributed by atoms with Crippen LogP contribution in [0.3, 0.4) is 0 Å². The van der Waals surface area contributed by atoms with Crippen molar-refractivity contribution in [1.82, 2.24) is 4.57 Å². The van der Waals surface area contributed by atoms with Crippen molar-refractivity contribution in [1.29, 1.82) is 0 Å². The van der Waals surface area contributed by atoms with Gasteiger partial charge >= 0.3 is 0 Å². The second-order valence-corrected chi connectivity index (χ2v) is 12.2. The predicted molar refractivity (Wildman–Crippen MR) is 195 cm³/mol. The second-order valence-electron chi connectivity index (χ2n) is 12.2. The zero-order chi connectivity index (χ0) is 30.2. The Bertz CT molecular complexity index is 2610. The van der Waals surface area contributed by atoms with Crippen LogP contribution in [0.2, 0.25) is 0 Å². The predicted octanol–water partition coefficient (Wildman–Crippen LogP) is 12.2.